The third-order valence-corrected chi connectivity index (χ3v) is 7.17. The summed E-state index contributed by atoms with van der Waals surface area (Å²) in [5, 5.41) is 3.28. The summed E-state index contributed by atoms with van der Waals surface area (Å²) >= 11 is 0. The Balaban J connectivity index is 1.70. The van der Waals surface area contributed by atoms with E-state index in [1.165, 1.54) is 5.56 Å². The van der Waals surface area contributed by atoms with Gasteiger partial charge in [-0.05, 0) is 61.0 Å². The molecule has 5 rings (SSSR count). The van der Waals surface area contributed by atoms with Crippen LogP contribution in [-0.2, 0) is 11.2 Å². The largest absolute Gasteiger partial charge is 0.354 e. The summed E-state index contributed by atoms with van der Waals surface area (Å²) in [6.07, 6.45) is 5.38. The maximum absolute atomic E-state index is 13.7. The van der Waals surface area contributed by atoms with E-state index in [1.807, 2.05) is 0 Å². The molecule has 5 unspecified atom stereocenters. The Morgan fingerprint density at radius 3 is 2.66 bits per heavy atom. The van der Waals surface area contributed by atoms with Gasteiger partial charge in [0.1, 0.15) is 0 Å². The van der Waals surface area contributed by atoms with Gasteiger partial charge in [-0.2, -0.15) is 0 Å². The van der Waals surface area contributed by atoms with Crippen molar-refractivity contribution in [3.63, 3.8) is 0 Å². The molecule has 158 valence electrons. The van der Waals surface area contributed by atoms with Gasteiger partial charge in [0.25, 0.3) is 0 Å². The Morgan fingerprint density at radius 1 is 1.21 bits per heavy atom. The second-order valence-corrected chi connectivity index (χ2v) is 10.3. The molecule has 1 N–H and O–H groups in total. The van der Waals surface area contributed by atoms with Crippen molar-refractivity contribution in [2.24, 2.45) is 34.6 Å². The molecule has 29 heavy (non-hydrogen) atoms. The lowest BCUT2D eigenvalue weighted by Crippen LogP contribution is -2.75. The molecule has 1 aliphatic carbocycles. The predicted octanol–water partition coefficient (Wildman–Crippen LogP) is 3.81. The summed E-state index contributed by atoms with van der Waals surface area (Å²) in [6, 6.07) is 11.0. The van der Waals surface area contributed by atoms with E-state index in [4.69, 9.17) is 4.99 Å². The van der Waals surface area contributed by atoms with Gasteiger partial charge in [0, 0.05) is 25.3 Å². The Morgan fingerprint density at radius 2 is 1.97 bits per heavy atom. The number of aliphatic imine (C=N–C) groups is 1. The zero-order valence-corrected chi connectivity index (χ0v) is 18.5. The van der Waals surface area contributed by atoms with Crippen LogP contribution in [0.4, 0.5) is 0 Å². The lowest BCUT2D eigenvalue weighted by molar-refractivity contribution is -0.144. The number of likely N-dealkylation sites (tertiary alicyclic amines) is 1. The fraction of sp³-hybridized carbons (Fsp3) is 0.680. The number of piperidine rings is 1. The number of carbonyl (C=O) groups is 1. The third-order valence-electron chi connectivity index (χ3n) is 7.17. The lowest BCUT2D eigenvalue weighted by atomic mass is 9.54. The SMILES string of the molecule is CC(C)CNC(=O)C12N=CC3CC1CCN(CC(C)C)C2C3Cc1ccccc1. The normalized spacial score (nSPS) is 33.4. The van der Waals surface area contributed by atoms with Gasteiger partial charge in [-0.3, -0.25) is 14.7 Å². The molecule has 0 spiro atoms. The molecule has 1 aromatic carbocycles. The van der Waals surface area contributed by atoms with E-state index in [0.717, 1.165) is 38.9 Å². The highest BCUT2D eigenvalue weighted by atomic mass is 16.2. The van der Waals surface area contributed by atoms with Gasteiger partial charge in [0.15, 0.2) is 5.54 Å². The quantitative estimate of drug-likeness (QED) is 0.763. The first kappa shape index (κ1) is 20.6. The fourth-order valence-electron chi connectivity index (χ4n) is 6.04. The van der Waals surface area contributed by atoms with Crippen LogP contribution in [0.5, 0.6) is 0 Å². The molecular weight excluding hydrogens is 358 g/mol. The Bertz CT molecular complexity index is 744. The first-order valence-corrected chi connectivity index (χ1v) is 11.5. The molecule has 5 atom stereocenters. The van der Waals surface area contributed by atoms with Crippen molar-refractivity contribution in [3.05, 3.63) is 35.9 Å². The summed E-state index contributed by atoms with van der Waals surface area (Å²) in [7, 11) is 0. The number of nitrogens with zero attached hydrogens (tertiary/aromatic N) is 2. The van der Waals surface area contributed by atoms with E-state index < -0.39 is 5.54 Å². The molecule has 0 radical (unpaired) electrons. The minimum Gasteiger partial charge on any atom is -0.354 e. The monoisotopic (exact) mass is 395 g/mol. The van der Waals surface area contributed by atoms with Gasteiger partial charge in [-0.1, -0.05) is 58.0 Å². The number of amides is 1. The molecule has 4 heteroatoms. The van der Waals surface area contributed by atoms with Crippen LogP contribution in [0, 0.1) is 29.6 Å². The van der Waals surface area contributed by atoms with E-state index in [0.29, 0.717) is 29.6 Å². The number of benzene rings is 1. The van der Waals surface area contributed by atoms with Crippen LogP contribution in [0.25, 0.3) is 0 Å². The number of rotatable bonds is 7. The summed E-state index contributed by atoms with van der Waals surface area (Å²) in [5.74, 6) is 2.53. The highest BCUT2D eigenvalue weighted by Crippen LogP contribution is 2.53. The average molecular weight is 396 g/mol. The van der Waals surface area contributed by atoms with Crippen LogP contribution in [0.1, 0.15) is 46.1 Å². The van der Waals surface area contributed by atoms with Gasteiger partial charge in [0.05, 0.1) is 0 Å². The molecular formula is C25H37N3O. The van der Waals surface area contributed by atoms with Gasteiger partial charge in [-0.15, -0.1) is 0 Å². The van der Waals surface area contributed by atoms with Crippen molar-refractivity contribution in [2.75, 3.05) is 19.6 Å². The van der Waals surface area contributed by atoms with Crippen LogP contribution >= 0.6 is 0 Å². The Hall–Kier alpha value is -1.68. The molecule has 1 amide bonds. The van der Waals surface area contributed by atoms with Crippen molar-refractivity contribution in [2.45, 2.75) is 58.5 Å². The number of hydrogen-bond donors (Lipinski definition) is 1. The minimum absolute atomic E-state index is 0.169. The molecule has 2 fully saturated rings. The number of carbonyl (C=O) groups excluding carboxylic acids is 1. The summed E-state index contributed by atoms with van der Waals surface area (Å²) in [4.78, 5) is 21.4. The zero-order valence-electron chi connectivity index (χ0n) is 18.5. The van der Waals surface area contributed by atoms with Crippen molar-refractivity contribution in [1.82, 2.24) is 10.2 Å². The minimum atomic E-state index is -0.601. The second kappa shape index (κ2) is 8.22. The van der Waals surface area contributed by atoms with E-state index >= 15 is 0 Å². The molecule has 1 saturated heterocycles. The molecule has 3 aliphatic heterocycles. The van der Waals surface area contributed by atoms with Crippen molar-refractivity contribution in [3.8, 4) is 0 Å². The van der Waals surface area contributed by atoms with E-state index in [1.54, 1.807) is 0 Å². The van der Waals surface area contributed by atoms with Crippen LogP contribution in [-0.4, -0.2) is 48.2 Å². The fourth-order valence-corrected chi connectivity index (χ4v) is 6.04. The van der Waals surface area contributed by atoms with E-state index in [9.17, 15) is 4.79 Å². The van der Waals surface area contributed by atoms with E-state index in [2.05, 4.69) is 74.5 Å². The van der Waals surface area contributed by atoms with Crippen molar-refractivity contribution >= 4 is 12.1 Å². The van der Waals surface area contributed by atoms with E-state index in [-0.39, 0.29) is 11.9 Å². The lowest BCUT2D eigenvalue weighted by Gasteiger charge is -2.61. The van der Waals surface area contributed by atoms with Crippen molar-refractivity contribution in [1.29, 1.82) is 0 Å². The first-order chi connectivity index (χ1) is 13.9. The summed E-state index contributed by atoms with van der Waals surface area (Å²) in [5.41, 5.74) is 0.777. The highest BCUT2D eigenvalue weighted by Gasteiger charge is 2.64. The number of nitrogens with one attached hydrogen (secondary N) is 1. The molecule has 1 saturated carbocycles. The molecule has 4 aliphatic rings. The third kappa shape index (κ3) is 3.76. The van der Waals surface area contributed by atoms with Gasteiger partial charge >= 0.3 is 0 Å². The first-order valence-electron chi connectivity index (χ1n) is 11.5. The van der Waals surface area contributed by atoms with Crippen LogP contribution in [0.15, 0.2) is 35.3 Å². The van der Waals surface area contributed by atoms with Gasteiger partial charge in [-0.25, -0.2) is 0 Å². The smallest absolute Gasteiger partial charge is 0.249 e. The maximum Gasteiger partial charge on any atom is 0.249 e. The van der Waals surface area contributed by atoms with Crippen LogP contribution in [0.3, 0.4) is 0 Å². The second-order valence-electron chi connectivity index (χ2n) is 10.3. The van der Waals surface area contributed by atoms with Crippen LogP contribution < -0.4 is 5.32 Å². The molecule has 3 heterocycles. The Labute approximate surface area is 176 Å². The number of hydrogen-bond acceptors (Lipinski definition) is 3. The molecule has 4 nitrogen and oxygen atoms in total. The predicted molar refractivity (Wildman–Crippen MR) is 119 cm³/mol. The van der Waals surface area contributed by atoms with Crippen LogP contribution in [0.2, 0.25) is 0 Å². The summed E-state index contributed by atoms with van der Waals surface area (Å²) in [6.45, 7) is 11.8. The topological polar surface area (TPSA) is 44.7 Å². The maximum atomic E-state index is 13.7. The van der Waals surface area contributed by atoms with Gasteiger partial charge < -0.3 is 5.32 Å². The zero-order chi connectivity index (χ0) is 20.6. The summed E-state index contributed by atoms with van der Waals surface area (Å²) < 4.78 is 0. The highest BCUT2D eigenvalue weighted by molar-refractivity contribution is 5.91. The standard InChI is InChI=1S/C25H37N3O/c1-17(2)14-26-24(29)25-21-10-11-28(16-18(3)4)23(25)22(20(13-21)15-27-25)12-19-8-6-5-7-9-19/h5-9,15,17-18,20-23H,10-14,16H2,1-4H3,(H,26,29). The van der Waals surface area contributed by atoms with Gasteiger partial charge in [0.2, 0.25) is 5.91 Å². The Kier molecular flexibility index (Phi) is 5.83. The average Bonchev–Trinajstić information content (AvgIpc) is 2.70. The van der Waals surface area contributed by atoms with Crippen molar-refractivity contribution < 1.29 is 4.79 Å². The molecule has 1 aromatic rings. The molecule has 0 aromatic heterocycles. The molecule has 4 bridgehead atoms.